The monoisotopic (exact) mass is 248 g/mol. The Morgan fingerprint density at radius 3 is 2.94 bits per heavy atom. The summed E-state index contributed by atoms with van der Waals surface area (Å²) in [6, 6.07) is 4.96. The number of terminal acetylenes is 1. The third kappa shape index (κ3) is 3.67. The van der Waals surface area contributed by atoms with Crippen LogP contribution in [0.4, 0.5) is 11.4 Å². The molecule has 0 atom stereocenters. The van der Waals surface area contributed by atoms with E-state index in [0.29, 0.717) is 25.3 Å². The first-order valence-corrected chi connectivity index (χ1v) is 5.78. The van der Waals surface area contributed by atoms with Gasteiger partial charge in [0, 0.05) is 13.0 Å². The van der Waals surface area contributed by atoms with Crippen LogP contribution >= 0.6 is 0 Å². The van der Waals surface area contributed by atoms with Crippen molar-refractivity contribution in [1.82, 2.24) is 0 Å². The predicted octanol–water partition coefficient (Wildman–Crippen LogP) is 2.82. The lowest BCUT2D eigenvalue weighted by atomic mass is 10.2. The molecule has 1 aromatic carbocycles. The Labute approximate surface area is 106 Å². The number of nitro benzene ring substituents is 1. The molecule has 0 amide bonds. The minimum absolute atomic E-state index is 0.0389. The Morgan fingerprint density at radius 1 is 1.56 bits per heavy atom. The number of nitrogens with one attached hydrogen (secondary N) is 1. The molecule has 0 aliphatic rings. The molecular weight excluding hydrogens is 232 g/mol. The molecule has 0 aliphatic carbocycles. The largest absolute Gasteiger partial charge is 0.487 e. The maximum atomic E-state index is 11.1. The lowest BCUT2D eigenvalue weighted by Gasteiger charge is -2.10. The Bertz CT molecular complexity index is 452. The van der Waals surface area contributed by atoms with Gasteiger partial charge in [0.1, 0.15) is 5.69 Å². The maximum Gasteiger partial charge on any atom is 0.333 e. The summed E-state index contributed by atoms with van der Waals surface area (Å²) in [6.45, 7) is 2.89. The molecule has 0 saturated heterocycles. The number of hydrogen-bond acceptors (Lipinski definition) is 4. The van der Waals surface area contributed by atoms with Gasteiger partial charge in [0.25, 0.3) is 0 Å². The summed E-state index contributed by atoms with van der Waals surface area (Å²) in [7, 11) is 0. The van der Waals surface area contributed by atoms with Gasteiger partial charge in [-0.3, -0.25) is 10.1 Å². The van der Waals surface area contributed by atoms with Gasteiger partial charge in [-0.05, 0) is 18.6 Å². The second-order valence-electron chi connectivity index (χ2n) is 3.64. The van der Waals surface area contributed by atoms with Gasteiger partial charge in [0.15, 0.2) is 5.75 Å². The van der Waals surface area contributed by atoms with E-state index in [9.17, 15) is 10.1 Å². The molecule has 0 radical (unpaired) electrons. The molecule has 0 unspecified atom stereocenters. The average Bonchev–Trinajstić information content (AvgIpc) is 2.36. The first-order valence-electron chi connectivity index (χ1n) is 5.78. The summed E-state index contributed by atoms with van der Waals surface area (Å²) < 4.78 is 5.37. The lowest BCUT2D eigenvalue weighted by molar-refractivity contribution is -0.385. The summed E-state index contributed by atoms with van der Waals surface area (Å²) in [5.41, 5.74) is 0.395. The Morgan fingerprint density at radius 2 is 2.33 bits per heavy atom. The van der Waals surface area contributed by atoms with Crippen LogP contribution in [0.15, 0.2) is 18.2 Å². The number of benzene rings is 1. The van der Waals surface area contributed by atoms with Crippen LogP contribution < -0.4 is 10.1 Å². The molecule has 18 heavy (non-hydrogen) atoms. The summed E-state index contributed by atoms with van der Waals surface area (Å²) in [4.78, 5) is 10.6. The van der Waals surface area contributed by atoms with E-state index >= 15 is 0 Å². The van der Waals surface area contributed by atoms with Gasteiger partial charge in [0.2, 0.25) is 0 Å². The normalized spacial score (nSPS) is 9.56. The smallest absolute Gasteiger partial charge is 0.333 e. The van der Waals surface area contributed by atoms with Gasteiger partial charge in [-0.2, -0.15) is 0 Å². The standard InChI is InChI=1S/C13H16N2O3/c1-3-5-9-14-11-7-6-8-12(18-10-4-2)13(11)15(16)17/h1,6-8,14H,4-5,9-10H2,2H3. The van der Waals surface area contributed by atoms with E-state index < -0.39 is 4.92 Å². The molecule has 1 rings (SSSR count). The van der Waals surface area contributed by atoms with Gasteiger partial charge in [0.05, 0.1) is 11.5 Å². The van der Waals surface area contributed by atoms with Crippen LogP contribution in [-0.4, -0.2) is 18.1 Å². The molecule has 0 bridgehead atoms. The number of anilines is 1. The highest BCUT2D eigenvalue weighted by Gasteiger charge is 2.20. The second-order valence-corrected chi connectivity index (χ2v) is 3.64. The van der Waals surface area contributed by atoms with E-state index in [-0.39, 0.29) is 11.4 Å². The van der Waals surface area contributed by atoms with Gasteiger partial charge in [-0.15, -0.1) is 12.3 Å². The van der Waals surface area contributed by atoms with Crippen LogP contribution in [0.2, 0.25) is 0 Å². The SMILES string of the molecule is C#CCCNc1cccc(OCCC)c1[N+](=O)[O-]. The zero-order valence-electron chi connectivity index (χ0n) is 10.3. The summed E-state index contributed by atoms with van der Waals surface area (Å²) >= 11 is 0. The fraction of sp³-hybridized carbons (Fsp3) is 0.385. The zero-order chi connectivity index (χ0) is 13.4. The van der Waals surface area contributed by atoms with E-state index in [0.717, 1.165) is 6.42 Å². The fourth-order valence-electron chi connectivity index (χ4n) is 1.45. The molecule has 1 aromatic rings. The highest BCUT2D eigenvalue weighted by Crippen LogP contribution is 2.34. The molecule has 0 fully saturated rings. The summed E-state index contributed by atoms with van der Waals surface area (Å²) in [5.74, 6) is 2.76. The minimum Gasteiger partial charge on any atom is -0.487 e. The lowest BCUT2D eigenvalue weighted by Crippen LogP contribution is -2.06. The van der Waals surface area contributed by atoms with Gasteiger partial charge in [-0.25, -0.2) is 0 Å². The van der Waals surface area contributed by atoms with Crippen LogP contribution in [0.3, 0.4) is 0 Å². The van der Waals surface area contributed by atoms with Gasteiger partial charge in [-0.1, -0.05) is 13.0 Å². The maximum absolute atomic E-state index is 11.1. The molecule has 5 nitrogen and oxygen atoms in total. The van der Waals surface area contributed by atoms with Crippen LogP contribution in [0.1, 0.15) is 19.8 Å². The Balaban J connectivity index is 2.94. The van der Waals surface area contributed by atoms with Crippen molar-refractivity contribution < 1.29 is 9.66 Å². The summed E-state index contributed by atoms with van der Waals surface area (Å²) in [5, 5.41) is 14.0. The molecular formula is C13H16N2O3. The van der Waals surface area contributed by atoms with E-state index in [1.54, 1.807) is 18.2 Å². The van der Waals surface area contributed by atoms with Crippen molar-refractivity contribution in [3.8, 4) is 18.1 Å². The van der Waals surface area contributed by atoms with Gasteiger partial charge < -0.3 is 10.1 Å². The van der Waals surface area contributed by atoms with Crippen molar-refractivity contribution >= 4 is 11.4 Å². The van der Waals surface area contributed by atoms with Crippen LogP contribution in [0, 0.1) is 22.5 Å². The fourth-order valence-corrected chi connectivity index (χ4v) is 1.45. The van der Waals surface area contributed by atoms with Crippen molar-refractivity contribution in [2.24, 2.45) is 0 Å². The number of hydrogen-bond donors (Lipinski definition) is 1. The average molecular weight is 248 g/mol. The van der Waals surface area contributed by atoms with Crippen LogP contribution in [-0.2, 0) is 0 Å². The van der Waals surface area contributed by atoms with Crippen LogP contribution in [0.25, 0.3) is 0 Å². The molecule has 0 saturated carbocycles. The van der Waals surface area contributed by atoms with Crippen LogP contribution in [0.5, 0.6) is 5.75 Å². The Hall–Kier alpha value is -2.22. The molecule has 0 heterocycles. The van der Waals surface area contributed by atoms with Gasteiger partial charge >= 0.3 is 5.69 Å². The van der Waals surface area contributed by atoms with Crippen molar-refractivity contribution in [1.29, 1.82) is 0 Å². The topological polar surface area (TPSA) is 64.4 Å². The molecule has 0 aromatic heterocycles. The predicted molar refractivity (Wildman–Crippen MR) is 70.8 cm³/mol. The van der Waals surface area contributed by atoms with Crippen molar-refractivity contribution in [2.75, 3.05) is 18.5 Å². The third-order valence-electron chi connectivity index (χ3n) is 2.23. The van der Waals surface area contributed by atoms with E-state index in [2.05, 4.69) is 11.2 Å². The number of ether oxygens (including phenoxy) is 1. The quantitative estimate of drug-likeness (QED) is 0.349. The van der Waals surface area contributed by atoms with Crippen molar-refractivity contribution in [3.63, 3.8) is 0 Å². The Kier molecular flexibility index (Phi) is 5.52. The first-order chi connectivity index (χ1) is 8.70. The zero-order valence-corrected chi connectivity index (χ0v) is 10.3. The summed E-state index contributed by atoms with van der Waals surface area (Å²) in [6.07, 6.45) is 6.45. The number of rotatable bonds is 7. The molecule has 5 heteroatoms. The number of nitro groups is 1. The van der Waals surface area contributed by atoms with Crippen molar-refractivity contribution in [3.05, 3.63) is 28.3 Å². The number of para-hydroxylation sites is 1. The third-order valence-corrected chi connectivity index (χ3v) is 2.23. The highest BCUT2D eigenvalue weighted by atomic mass is 16.6. The minimum atomic E-state index is -0.441. The van der Waals surface area contributed by atoms with Crippen molar-refractivity contribution in [2.45, 2.75) is 19.8 Å². The molecule has 96 valence electrons. The van der Waals surface area contributed by atoms with E-state index in [1.807, 2.05) is 6.92 Å². The van der Waals surface area contributed by atoms with E-state index in [1.165, 1.54) is 0 Å². The highest BCUT2D eigenvalue weighted by molar-refractivity contribution is 5.68. The molecule has 0 spiro atoms. The first kappa shape index (κ1) is 13.8. The second kappa shape index (κ2) is 7.17. The molecule has 0 aliphatic heterocycles. The number of nitrogens with zero attached hydrogens (tertiary/aromatic N) is 1. The molecule has 1 N–H and O–H groups in total. The van der Waals surface area contributed by atoms with E-state index in [4.69, 9.17) is 11.2 Å².